The Labute approximate surface area is 233 Å². The lowest BCUT2D eigenvalue weighted by molar-refractivity contribution is 1.61. The molecule has 40 heavy (non-hydrogen) atoms. The minimum atomic E-state index is 1.23. The van der Waals surface area contributed by atoms with E-state index in [-0.39, 0.29) is 0 Å². The molecule has 8 aromatic carbocycles. The van der Waals surface area contributed by atoms with Gasteiger partial charge >= 0.3 is 0 Å². The van der Waals surface area contributed by atoms with Gasteiger partial charge in [-0.3, -0.25) is 0 Å². The Balaban J connectivity index is 1.47. The molecule has 0 heteroatoms. The molecule has 0 fully saturated rings. The van der Waals surface area contributed by atoms with Gasteiger partial charge in [-0.1, -0.05) is 152 Å². The minimum Gasteiger partial charge on any atom is -0.0622 e. The van der Waals surface area contributed by atoms with Crippen LogP contribution in [0.5, 0.6) is 0 Å². The number of benzene rings is 8. The lowest BCUT2D eigenvalue weighted by atomic mass is 9.84. The van der Waals surface area contributed by atoms with Crippen molar-refractivity contribution in [1.29, 1.82) is 0 Å². The molecule has 0 spiro atoms. The van der Waals surface area contributed by atoms with Crippen molar-refractivity contribution < 1.29 is 0 Å². The van der Waals surface area contributed by atoms with Gasteiger partial charge in [0.15, 0.2) is 0 Å². The van der Waals surface area contributed by atoms with Crippen molar-refractivity contribution in [3.05, 3.63) is 158 Å². The predicted molar refractivity (Wildman–Crippen MR) is 173 cm³/mol. The van der Waals surface area contributed by atoms with Crippen molar-refractivity contribution in [3.8, 4) is 33.4 Å². The van der Waals surface area contributed by atoms with Gasteiger partial charge in [0.25, 0.3) is 0 Å². The highest BCUT2D eigenvalue weighted by atomic mass is 14.2. The van der Waals surface area contributed by atoms with Crippen LogP contribution in [0.25, 0.3) is 76.5 Å². The zero-order valence-corrected chi connectivity index (χ0v) is 22.0. The summed E-state index contributed by atoms with van der Waals surface area (Å²) in [5.41, 5.74) is 7.58. The third-order valence-electron chi connectivity index (χ3n) is 8.25. The fourth-order valence-electron chi connectivity index (χ4n) is 6.47. The van der Waals surface area contributed by atoms with Gasteiger partial charge in [-0.25, -0.2) is 0 Å². The largest absolute Gasteiger partial charge is 0.0622 e. The monoisotopic (exact) mass is 506 g/mol. The summed E-state index contributed by atoms with van der Waals surface area (Å²) in [5, 5.41) is 10.3. The molecule has 0 unspecified atom stereocenters. The SMILES string of the molecule is c1ccc(-c2cccc(-c3c4ccccc4c(-c4cccc5c4ccc4ccccc45)c4ccccc34)c2)cc1. The second-order valence-electron chi connectivity index (χ2n) is 10.5. The van der Waals surface area contributed by atoms with Crippen LogP contribution in [0.15, 0.2) is 158 Å². The van der Waals surface area contributed by atoms with Crippen LogP contribution in [-0.4, -0.2) is 0 Å². The molecule has 0 aliphatic carbocycles. The van der Waals surface area contributed by atoms with Crippen molar-refractivity contribution >= 4 is 43.1 Å². The molecule has 0 aliphatic heterocycles. The number of rotatable bonds is 3. The summed E-state index contributed by atoms with van der Waals surface area (Å²) in [6.45, 7) is 0. The van der Waals surface area contributed by atoms with Crippen LogP contribution >= 0.6 is 0 Å². The van der Waals surface area contributed by atoms with Gasteiger partial charge in [0.05, 0.1) is 0 Å². The van der Waals surface area contributed by atoms with E-state index in [9.17, 15) is 0 Å². The van der Waals surface area contributed by atoms with Crippen LogP contribution in [0, 0.1) is 0 Å². The van der Waals surface area contributed by atoms with E-state index in [0.29, 0.717) is 0 Å². The van der Waals surface area contributed by atoms with Gasteiger partial charge in [0, 0.05) is 0 Å². The topological polar surface area (TPSA) is 0 Å². The summed E-state index contributed by atoms with van der Waals surface area (Å²) < 4.78 is 0. The second-order valence-corrected chi connectivity index (χ2v) is 10.5. The quantitative estimate of drug-likeness (QED) is 0.165. The highest BCUT2D eigenvalue weighted by Crippen LogP contribution is 2.46. The Morgan fingerprint density at radius 3 is 1.50 bits per heavy atom. The van der Waals surface area contributed by atoms with Crippen LogP contribution in [-0.2, 0) is 0 Å². The molecule has 8 aromatic rings. The van der Waals surface area contributed by atoms with Crippen LogP contribution in [0.2, 0.25) is 0 Å². The van der Waals surface area contributed by atoms with E-state index in [4.69, 9.17) is 0 Å². The predicted octanol–water partition coefficient (Wildman–Crippen LogP) is 11.3. The summed E-state index contributed by atoms with van der Waals surface area (Å²) in [6, 6.07) is 57.5. The standard InChI is InChI=1S/C40H26/c1-2-12-27(13-3-1)29-15-10-16-30(26-29)39-35-18-6-8-20-37(35)40(38-21-9-7-19-36(38)39)34-23-11-22-32-31-17-5-4-14-28(31)24-25-33(32)34/h1-26H. The Kier molecular flexibility index (Phi) is 5.24. The van der Waals surface area contributed by atoms with Gasteiger partial charge in [0.2, 0.25) is 0 Å². The zero-order valence-electron chi connectivity index (χ0n) is 22.0. The summed E-state index contributed by atoms with van der Waals surface area (Å²) in [7, 11) is 0. The lowest BCUT2D eigenvalue weighted by Crippen LogP contribution is -1.92. The van der Waals surface area contributed by atoms with Crippen LogP contribution in [0.1, 0.15) is 0 Å². The average molecular weight is 507 g/mol. The molecule has 0 saturated carbocycles. The third kappa shape index (κ3) is 3.54. The fourth-order valence-corrected chi connectivity index (χ4v) is 6.47. The molecule has 0 radical (unpaired) electrons. The van der Waals surface area contributed by atoms with Crippen molar-refractivity contribution in [3.63, 3.8) is 0 Å². The van der Waals surface area contributed by atoms with E-state index in [1.165, 1.54) is 76.5 Å². The zero-order chi connectivity index (χ0) is 26.5. The highest BCUT2D eigenvalue weighted by Gasteiger charge is 2.18. The van der Waals surface area contributed by atoms with Gasteiger partial charge in [-0.2, -0.15) is 0 Å². The van der Waals surface area contributed by atoms with Gasteiger partial charge in [-0.05, 0) is 82.5 Å². The van der Waals surface area contributed by atoms with E-state index in [0.717, 1.165) is 0 Å². The molecule has 0 nitrogen and oxygen atoms in total. The maximum absolute atomic E-state index is 2.34. The van der Waals surface area contributed by atoms with Crippen LogP contribution in [0.4, 0.5) is 0 Å². The number of hydrogen-bond acceptors (Lipinski definition) is 0. The molecule has 0 aliphatic rings. The molecule has 0 bridgehead atoms. The minimum absolute atomic E-state index is 1.23. The number of hydrogen-bond donors (Lipinski definition) is 0. The Morgan fingerprint density at radius 1 is 0.250 bits per heavy atom. The first-order valence-corrected chi connectivity index (χ1v) is 13.9. The maximum atomic E-state index is 2.34. The number of fused-ring (bicyclic) bond motifs is 5. The summed E-state index contributed by atoms with van der Waals surface area (Å²) in [4.78, 5) is 0. The molecule has 8 rings (SSSR count). The summed E-state index contributed by atoms with van der Waals surface area (Å²) in [6.07, 6.45) is 0. The van der Waals surface area contributed by atoms with Crippen molar-refractivity contribution in [1.82, 2.24) is 0 Å². The van der Waals surface area contributed by atoms with Gasteiger partial charge in [-0.15, -0.1) is 0 Å². The molecule has 186 valence electrons. The van der Waals surface area contributed by atoms with Crippen molar-refractivity contribution in [2.75, 3.05) is 0 Å². The maximum Gasteiger partial charge on any atom is -0.00201 e. The van der Waals surface area contributed by atoms with Crippen LogP contribution < -0.4 is 0 Å². The van der Waals surface area contributed by atoms with Gasteiger partial charge < -0.3 is 0 Å². The first-order chi connectivity index (χ1) is 19.9. The molecular weight excluding hydrogens is 480 g/mol. The highest BCUT2D eigenvalue weighted by molar-refractivity contribution is 6.24. The van der Waals surface area contributed by atoms with E-state index < -0.39 is 0 Å². The van der Waals surface area contributed by atoms with Crippen molar-refractivity contribution in [2.24, 2.45) is 0 Å². The molecule has 0 aromatic heterocycles. The lowest BCUT2D eigenvalue weighted by Gasteiger charge is -2.19. The molecular formula is C40H26. The molecule has 0 saturated heterocycles. The van der Waals surface area contributed by atoms with Crippen molar-refractivity contribution in [2.45, 2.75) is 0 Å². The Bertz CT molecular complexity index is 2150. The first kappa shape index (κ1) is 22.8. The van der Waals surface area contributed by atoms with E-state index in [1.807, 2.05) is 0 Å². The van der Waals surface area contributed by atoms with E-state index in [1.54, 1.807) is 0 Å². The second kappa shape index (κ2) is 9.22. The van der Waals surface area contributed by atoms with E-state index >= 15 is 0 Å². The average Bonchev–Trinajstić information content (AvgIpc) is 3.04. The summed E-state index contributed by atoms with van der Waals surface area (Å²) >= 11 is 0. The smallest absolute Gasteiger partial charge is 0.00201 e. The molecule has 0 heterocycles. The Morgan fingerprint density at radius 2 is 0.775 bits per heavy atom. The van der Waals surface area contributed by atoms with Crippen LogP contribution in [0.3, 0.4) is 0 Å². The molecule has 0 N–H and O–H groups in total. The van der Waals surface area contributed by atoms with Gasteiger partial charge in [0.1, 0.15) is 0 Å². The normalized spacial score (nSPS) is 11.5. The third-order valence-corrected chi connectivity index (χ3v) is 8.25. The fraction of sp³-hybridized carbons (Fsp3) is 0. The Hall–Kier alpha value is -5.20. The molecule has 0 amide bonds. The summed E-state index contributed by atoms with van der Waals surface area (Å²) in [5.74, 6) is 0. The first-order valence-electron chi connectivity index (χ1n) is 13.9. The van der Waals surface area contributed by atoms with E-state index in [2.05, 4.69) is 158 Å². The molecule has 0 atom stereocenters.